The lowest BCUT2D eigenvalue weighted by molar-refractivity contribution is -0.135. The Bertz CT molecular complexity index is 1640. The van der Waals surface area contributed by atoms with Gasteiger partial charge >= 0.3 is 0 Å². The highest BCUT2D eigenvalue weighted by atomic mass is 16.5. The van der Waals surface area contributed by atoms with E-state index in [2.05, 4.69) is 76.5 Å². The molecule has 214 valence electrons. The van der Waals surface area contributed by atoms with Crippen molar-refractivity contribution < 1.29 is 9.53 Å². The van der Waals surface area contributed by atoms with Crippen LogP contribution in [0.1, 0.15) is 36.4 Å². The number of hydrogen-bond acceptors (Lipinski definition) is 5. The number of ether oxygens (including phenoxy) is 1. The van der Waals surface area contributed by atoms with Gasteiger partial charge in [-0.1, -0.05) is 54.6 Å². The highest BCUT2D eigenvalue weighted by Gasteiger charge is 2.43. The molecule has 6 heteroatoms. The number of hydrazone groups is 1. The van der Waals surface area contributed by atoms with E-state index in [1.807, 2.05) is 58.5 Å². The first-order chi connectivity index (χ1) is 20.4. The molecular weight excluding hydrogens is 520 g/mol. The molecule has 2 aliphatic rings. The average molecular weight is 559 g/mol. The molecule has 1 aliphatic heterocycles. The van der Waals surface area contributed by atoms with Crippen LogP contribution in [0.2, 0.25) is 0 Å². The summed E-state index contributed by atoms with van der Waals surface area (Å²) in [7, 11) is 8.17. The van der Waals surface area contributed by atoms with Crippen molar-refractivity contribution in [2.75, 3.05) is 44.6 Å². The van der Waals surface area contributed by atoms with Crippen LogP contribution in [-0.2, 0) is 4.79 Å². The maximum Gasteiger partial charge on any atom is 0.281 e. The summed E-state index contributed by atoms with van der Waals surface area (Å²) < 4.78 is 6.04. The highest BCUT2D eigenvalue weighted by molar-refractivity contribution is 6.08. The Morgan fingerprint density at radius 1 is 0.881 bits per heavy atom. The van der Waals surface area contributed by atoms with E-state index in [0.717, 1.165) is 52.6 Å². The van der Waals surface area contributed by atoms with Gasteiger partial charge in [0, 0.05) is 45.5 Å². The zero-order chi connectivity index (χ0) is 29.2. The lowest BCUT2D eigenvalue weighted by atomic mass is 9.77. The van der Waals surface area contributed by atoms with E-state index in [9.17, 15) is 4.79 Å². The number of hydrogen-bond donors (Lipinski definition) is 0. The van der Waals surface area contributed by atoms with Crippen molar-refractivity contribution in [2.24, 2.45) is 11.0 Å². The second kappa shape index (κ2) is 11.7. The van der Waals surface area contributed by atoms with Crippen LogP contribution in [0.25, 0.3) is 16.8 Å². The van der Waals surface area contributed by atoms with Crippen LogP contribution in [0.3, 0.4) is 0 Å². The Kier molecular flexibility index (Phi) is 7.70. The maximum atomic E-state index is 13.8. The van der Waals surface area contributed by atoms with Crippen LogP contribution in [0.15, 0.2) is 102 Å². The number of allylic oxidation sites excluding steroid dienone is 1. The van der Waals surface area contributed by atoms with E-state index in [0.29, 0.717) is 5.75 Å². The molecule has 1 aliphatic carbocycles. The van der Waals surface area contributed by atoms with Gasteiger partial charge in [-0.15, -0.1) is 0 Å². The highest BCUT2D eigenvalue weighted by Crippen LogP contribution is 2.44. The average Bonchev–Trinajstić information content (AvgIpc) is 3.41. The quantitative estimate of drug-likeness (QED) is 0.241. The molecule has 1 heterocycles. The monoisotopic (exact) mass is 558 g/mol. The third-order valence-electron chi connectivity index (χ3n) is 8.34. The van der Waals surface area contributed by atoms with Gasteiger partial charge in [0.2, 0.25) is 0 Å². The maximum absolute atomic E-state index is 13.8. The molecule has 6 nitrogen and oxygen atoms in total. The third kappa shape index (κ3) is 5.62. The molecule has 0 aromatic heterocycles. The largest absolute Gasteiger partial charge is 0.484 e. The van der Waals surface area contributed by atoms with Crippen LogP contribution >= 0.6 is 0 Å². The van der Waals surface area contributed by atoms with Crippen molar-refractivity contribution in [3.63, 3.8) is 0 Å². The number of rotatable bonds is 7. The number of carbonyl (C=O) groups excluding carboxylic acids is 1. The van der Waals surface area contributed by atoms with Gasteiger partial charge in [0.1, 0.15) is 5.75 Å². The topological polar surface area (TPSA) is 48.4 Å². The van der Waals surface area contributed by atoms with Crippen molar-refractivity contribution in [3.05, 3.63) is 108 Å². The molecule has 4 aromatic rings. The first-order valence-corrected chi connectivity index (χ1v) is 14.6. The fraction of sp³-hybridized carbons (Fsp3) is 0.278. The number of anilines is 2. The molecular formula is C36H38N4O2. The minimum absolute atomic E-state index is 0.0703. The summed E-state index contributed by atoms with van der Waals surface area (Å²) in [5.41, 5.74) is 6.78. The summed E-state index contributed by atoms with van der Waals surface area (Å²) in [5, 5.41) is 8.97. The van der Waals surface area contributed by atoms with Gasteiger partial charge in [-0.05, 0) is 89.2 Å². The summed E-state index contributed by atoms with van der Waals surface area (Å²) in [5.74, 6) is 0.683. The molecule has 1 fully saturated rings. The van der Waals surface area contributed by atoms with Crippen LogP contribution in [-0.4, -0.2) is 51.4 Å². The van der Waals surface area contributed by atoms with Crippen molar-refractivity contribution in [2.45, 2.75) is 25.3 Å². The molecule has 0 spiro atoms. The molecule has 0 radical (unpaired) electrons. The summed E-state index contributed by atoms with van der Waals surface area (Å²) in [6.45, 7) is -0.0703. The van der Waals surface area contributed by atoms with E-state index in [1.54, 1.807) is 5.01 Å². The molecule has 1 saturated carbocycles. The van der Waals surface area contributed by atoms with E-state index >= 15 is 0 Å². The number of benzene rings is 4. The third-order valence-corrected chi connectivity index (χ3v) is 8.34. The predicted molar refractivity (Wildman–Crippen MR) is 173 cm³/mol. The molecule has 2 atom stereocenters. The Balaban J connectivity index is 1.30. The second-order valence-corrected chi connectivity index (χ2v) is 11.6. The fourth-order valence-corrected chi connectivity index (χ4v) is 6.05. The van der Waals surface area contributed by atoms with Gasteiger partial charge in [0.15, 0.2) is 6.61 Å². The Labute approximate surface area is 248 Å². The normalized spacial score (nSPS) is 19.0. The first kappa shape index (κ1) is 27.6. The summed E-state index contributed by atoms with van der Waals surface area (Å²) in [6.07, 6.45) is 5.25. The van der Waals surface area contributed by atoms with Gasteiger partial charge in [0.25, 0.3) is 5.91 Å². The van der Waals surface area contributed by atoms with E-state index in [-0.39, 0.29) is 24.5 Å². The van der Waals surface area contributed by atoms with Crippen molar-refractivity contribution in [1.82, 2.24) is 5.01 Å². The summed E-state index contributed by atoms with van der Waals surface area (Å²) in [6, 6.07) is 31.0. The molecule has 42 heavy (non-hydrogen) atoms. The smallest absolute Gasteiger partial charge is 0.281 e. The number of amides is 1. The van der Waals surface area contributed by atoms with Gasteiger partial charge in [-0.25, -0.2) is 5.01 Å². The standard InChI is InChI=1S/C36H38N4O2/c1-38(2)30-17-12-25(13-18-30)22-29-10-7-11-33-35(29)37-40(36(33)27-14-19-31(20-15-27)39(3)4)34(41)24-42-32-21-16-26-8-5-6-9-28(26)23-32/h5-6,8-9,12-23,33,36H,7,10-11,24H2,1-4H3. The van der Waals surface area contributed by atoms with E-state index in [4.69, 9.17) is 9.84 Å². The SMILES string of the molecule is CN(C)c1ccc(C=C2CCCC3C2=NN(C(=O)COc2ccc4ccccc4c2)C3c2ccc(N(C)C)cc2)cc1. The minimum Gasteiger partial charge on any atom is -0.484 e. The number of nitrogens with zero attached hydrogens (tertiary/aromatic N) is 4. The molecule has 0 N–H and O–H groups in total. The van der Waals surface area contributed by atoms with Gasteiger partial charge < -0.3 is 14.5 Å². The van der Waals surface area contributed by atoms with Crippen LogP contribution in [0.5, 0.6) is 5.75 Å². The molecule has 1 amide bonds. The zero-order valence-electron chi connectivity index (χ0n) is 24.8. The summed E-state index contributed by atoms with van der Waals surface area (Å²) >= 11 is 0. The van der Waals surface area contributed by atoms with Crippen LogP contribution in [0.4, 0.5) is 11.4 Å². The van der Waals surface area contributed by atoms with Gasteiger partial charge in [0.05, 0.1) is 11.8 Å². The zero-order valence-corrected chi connectivity index (χ0v) is 24.8. The van der Waals surface area contributed by atoms with Gasteiger partial charge in [-0.2, -0.15) is 5.10 Å². The van der Waals surface area contributed by atoms with Crippen LogP contribution in [0, 0.1) is 5.92 Å². The second-order valence-electron chi connectivity index (χ2n) is 11.6. The van der Waals surface area contributed by atoms with Crippen molar-refractivity contribution in [3.8, 4) is 5.75 Å². The van der Waals surface area contributed by atoms with Crippen molar-refractivity contribution in [1.29, 1.82) is 0 Å². The number of carbonyl (C=O) groups is 1. The van der Waals surface area contributed by atoms with Gasteiger partial charge in [-0.3, -0.25) is 4.79 Å². The number of fused-ring (bicyclic) bond motifs is 2. The van der Waals surface area contributed by atoms with E-state index in [1.165, 1.54) is 11.3 Å². The lowest BCUT2D eigenvalue weighted by Gasteiger charge is -2.30. The summed E-state index contributed by atoms with van der Waals surface area (Å²) in [4.78, 5) is 18.0. The Morgan fingerprint density at radius 3 is 2.24 bits per heavy atom. The molecule has 0 saturated heterocycles. The predicted octanol–water partition coefficient (Wildman–Crippen LogP) is 7.17. The molecule has 2 unspecified atom stereocenters. The lowest BCUT2D eigenvalue weighted by Crippen LogP contribution is -2.34. The van der Waals surface area contributed by atoms with Crippen LogP contribution < -0.4 is 14.5 Å². The minimum atomic E-state index is -0.163. The molecule has 0 bridgehead atoms. The Hall–Kier alpha value is -4.58. The van der Waals surface area contributed by atoms with Crippen molar-refractivity contribution >= 4 is 39.8 Å². The molecule has 4 aromatic carbocycles. The first-order valence-electron chi connectivity index (χ1n) is 14.6. The molecule has 6 rings (SSSR count). The Morgan fingerprint density at radius 2 is 1.55 bits per heavy atom. The fourth-order valence-electron chi connectivity index (χ4n) is 6.05. The van der Waals surface area contributed by atoms with E-state index < -0.39 is 0 Å².